The Morgan fingerprint density at radius 2 is 2.00 bits per heavy atom. The maximum absolute atomic E-state index is 13.7. The average Bonchev–Trinajstić information content (AvgIpc) is 3.00. The molecule has 3 aromatic rings. The van der Waals surface area contributed by atoms with Gasteiger partial charge in [0.1, 0.15) is 18.2 Å². The predicted octanol–water partition coefficient (Wildman–Crippen LogP) is 4.10. The number of aromatic nitrogens is 3. The Morgan fingerprint density at radius 1 is 1.24 bits per heavy atom. The van der Waals surface area contributed by atoms with Gasteiger partial charge < -0.3 is 4.74 Å². The van der Waals surface area contributed by atoms with Crippen molar-refractivity contribution in [3.63, 3.8) is 0 Å². The lowest BCUT2D eigenvalue weighted by atomic mass is 10.2. The Bertz CT molecular complexity index is 948. The van der Waals surface area contributed by atoms with E-state index in [1.165, 1.54) is 6.07 Å². The Hall–Kier alpha value is -2.80. The second-order valence-electron chi connectivity index (χ2n) is 5.27. The molecule has 0 saturated heterocycles. The van der Waals surface area contributed by atoms with E-state index in [0.717, 1.165) is 11.4 Å². The van der Waals surface area contributed by atoms with Gasteiger partial charge in [-0.15, -0.1) is 0 Å². The normalized spacial score (nSPS) is 11.1. The molecule has 1 aromatic heterocycles. The van der Waals surface area contributed by atoms with Crippen LogP contribution in [0, 0.1) is 10.6 Å². The molecular formula is C18H17FN4OS. The van der Waals surface area contributed by atoms with Crippen molar-refractivity contribution in [2.75, 3.05) is 0 Å². The molecule has 5 nitrogen and oxygen atoms in total. The Balaban J connectivity index is 1.81. The number of aryl methyl sites for hydroxylation is 1. The molecule has 7 heteroatoms. The molecule has 2 aromatic carbocycles. The van der Waals surface area contributed by atoms with Crippen LogP contribution in [-0.2, 0) is 13.0 Å². The quantitative estimate of drug-likeness (QED) is 0.534. The Labute approximate surface area is 149 Å². The first kappa shape index (κ1) is 17.0. The summed E-state index contributed by atoms with van der Waals surface area (Å²) in [6, 6.07) is 14.0. The number of nitrogens with zero attached hydrogens (tertiary/aromatic N) is 3. The fourth-order valence-corrected chi connectivity index (χ4v) is 2.48. The van der Waals surface area contributed by atoms with Crippen LogP contribution in [0.2, 0.25) is 0 Å². The van der Waals surface area contributed by atoms with Crippen molar-refractivity contribution < 1.29 is 9.13 Å². The van der Waals surface area contributed by atoms with Gasteiger partial charge in [0.05, 0.1) is 6.21 Å². The molecule has 0 unspecified atom stereocenters. The fourth-order valence-electron chi connectivity index (χ4n) is 2.28. The highest BCUT2D eigenvalue weighted by molar-refractivity contribution is 7.71. The first-order chi connectivity index (χ1) is 12.2. The van der Waals surface area contributed by atoms with Gasteiger partial charge in [-0.2, -0.15) is 14.9 Å². The third kappa shape index (κ3) is 4.00. The summed E-state index contributed by atoms with van der Waals surface area (Å²) in [7, 11) is 0. The van der Waals surface area contributed by atoms with E-state index in [4.69, 9.17) is 17.0 Å². The van der Waals surface area contributed by atoms with E-state index >= 15 is 0 Å². The summed E-state index contributed by atoms with van der Waals surface area (Å²) in [6.45, 7) is 2.12. The van der Waals surface area contributed by atoms with Crippen molar-refractivity contribution >= 4 is 18.4 Å². The van der Waals surface area contributed by atoms with Crippen LogP contribution in [0.4, 0.5) is 4.39 Å². The molecule has 25 heavy (non-hydrogen) atoms. The van der Waals surface area contributed by atoms with E-state index in [2.05, 4.69) is 15.3 Å². The van der Waals surface area contributed by atoms with Crippen LogP contribution in [0.5, 0.6) is 5.75 Å². The Kier molecular flexibility index (Phi) is 5.35. The number of halogens is 1. The van der Waals surface area contributed by atoms with Gasteiger partial charge in [-0.3, -0.25) is 5.10 Å². The maximum atomic E-state index is 13.7. The molecule has 0 aliphatic carbocycles. The maximum Gasteiger partial charge on any atom is 0.216 e. The number of para-hydroxylation sites is 1. The second kappa shape index (κ2) is 7.85. The van der Waals surface area contributed by atoms with Gasteiger partial charge in [-0.1, -0.05) is 37.3 Å². The standard InChI is InChI=1S/C18H17FN4OS/c1-2-17-21-22-18(25)23(17)20-11-13-7-4-6-10-16(13)24-12-14-8-3-5-9-15(14)19/h3-11H,2,12H2,1H3,(H,22,25)/b20-11+. The van der Waals surface area contributed by atoms with Crippen molar-refractivity contribution in [3.8, 4) is 5.75 Å². The van der Waals surface area contributed by atoms with Gasteiger partial charge in [0, 0.05) is 17.5 Å². The van der Waals surface area contributed by atoms with Crippen molar-refractivity contribution in [1.29, 1.82) is 0 Å². The van der Waals surface area contributed by atoms with Gasteiger partial charge in [-0.05, 0) is 30.4 Å². The number of rotatable bonds is 6. The number of aromatic amines is 1. The zero-order valence-corrected chi connectivity index (χ0v) is 14.5. The summed E-state index contributed by atoms with van der Waals surface area (Å²) in [5.74, 6) is 1.07. The summed E-state index contributed by atoms with van der Waals surface area (Å²) < 4.78 is 21.5. The van der Waals surface area contributed by atoms with E-state index in [1.807, 2.05) is 31.2 Å². The van der Waals surface area contributed by atoms with Crippen LogP contribution in [0.3, 0.4) is 0 Å². The van der Waals surface area contributed by atoms with E-state index in [-0.39, 0.29) is 12.4 Å². The van der Waals surface area contributed by atoms with Gasteiger partial charge in [0.2, 0.25) is 4.77 Å². The SMILES string of the molecule is CCc1n[nH]c(=S)n1/N=C/c1ccccc1OCc1ccccc1F. The largest absolute Gasteiger partial charge is 0.488 e. The highest BCUT2D eigenvalue weighted by Gasteiger charge is 2.06. The lowest BCUT2D eigenvalue weighted by Crippen LogP contribution is -2.01. The van der Waals surface area contributed by atoms with Crippen molar-refractivity contribution in [3.05, 3.63) is 76.1 Å². The summed E-state index contributed by atoms with van der Waals surface area (Å²) in [5, 5.41) is 11.2. The average molecular weight is 356 g/mol. The van der Waals surface area contributed by atoms with E-state index in [1.54, 1.807) is 29.1 Å². The van der Waals surface area contributed by atoms with Gasteiger partial charge in [-0.25, -0.2) is 4.39 Å². The van der Waals surface area contributed by atoms with E-state index in [9.17, 15) is 4.39 Å². The summed E-state index contributed by atoms with van der Waals surface area (Å²) in [6.07, 6.45) is 2.36. The summed E-state index contributed by atoms with van der Waals surface area (Å²) >= 11 is 5.18. The van der Waals surface area contributed by atoms with E-state index < -0.39 is 0 Å². The van der Waals surface area contributed by atoms with Crippen molar-refractivity contribution in [2.24, 2.45) is 5.10 Å². The van der Waals surface area contributed by atoms with Crippen LogP contribution in [0.15, 0.2) is 53.6 Å². The lowest BCUT2D eigenvalue weighted by molar-refractivity contribution is 0.299. The van der Waals surface area contributed by atoms with Crippen molar-refractivity contribution in [1.82, 2.24) is 14.9 Å². The highest BCUT2D eigenvalue weighted by Crippen LogP contribution is 2.18. The lowest BCUT2D eigenvalue weighted by Gasteiger charge is -2.09. The number of ether oxygens (including phenoxy) is 1. The van der Waals surface area contributed by atoms with Gasteiger partial charge in [0.25, 0.3) is 0 Å². The molecule has 1 N–H and O–H groups in total. The summed E-state index contributed by atoms with van der Waals surface area (Å²) in [4.78, 5) is 0. The molecule has 0 aliphatic heterocycles. The highest BCUT2D eigenvalue weighted by atomic mass is 32.1. The molecule has 0 spiro atoms. The molecule has 1 heterocycles. The minimum absolute atomic E-state index is 0.142. The van der Waals surface area contributed by atoms with Crippen molar-refractivity contribution in [2.45, 2.75) is 20.0 Å². The zero-order valence-electron chi connectivity index (χ0n) is 13.6. The van der Waals surface area contributed by atoms with Gasteiger partial charge >= 0.3 is 0 Å². The molecule has 0 radical (unpaired) electrons. The fraction of sp³-hybridized carbons (Fsp3) is 0.167. The van der Waals surface area contributed by atoms with Gasteiger partial charge in [0.15, 0.2) is 5.82 Å². The number of hydrogen-bond donors (Lipinski definition) is 1. The predicted molar refractivity (Wildman–Crippen MR) is 97.0 cm³/mol. The zero-order chi connectivity index (χ0) is 17.6. The number of H-pyrrole nitrogens is 1. The van der Waals surface area contributed by atoms with Crippen LogP contribution in [0.25, 0.3) is 0 Å². The minimum Gasteiger partial charge on any atom is -0.488 e. The third-order valence-corrected chi connectivity index (χ3v) is 3.87. The molecular weight excluding hydrogens is 339 g/mol. The number of benzene rings is 2. The van der Waals surface area contributed by atoms with Crippen LogP contribution in [-0.4, -0.2) is 21.1 Å². The molecule has 0 fully saturated rings. The number of hydrogen-bond acceptors (Lipinski definition) is 4. The topological polar surface area (TPSA) is 55.2 Å². The third-order valence-electron chi connectivity index (χ3n) is 3.61. The summed E-state index contributed by atoms with van der Waals surface area (Å²) in [5.41, 5.74) is 1.27. The second-order valence-corrected chi connectivity index (χ2v) is 5.66. The minimum atomic E-state index is -0.286. The molecule has 0 amide bonds. The molecule has 0 aliphatic rings. The first-order valence-electron chi connectivity index (χ1n) is 7.85. The van der Waals surface area contributed by atoms with Crippen LogP contribution in [0.1, 0.15) is 23.9 Å². The first-order valence-corrected chi connectivity index (χ1v) is 8.25. The Morgan fingerprint density at radius 3 is 2.80 bits per heavy atom. The molecule has 0 atom stereocenters. The molecule has 0 saturated carbocycles. The molecule has 0 bridgehead atoms. The monoisotopic (exact) mass is 356 g/mol. The van der Waals surface area contributed by atoms with Crippen LogP contribution >= 0.6 is 12.2 Å². The van der Waals surface area contributed by atoms with E-state index in [0.29, 0.717) is 22.5 Å². The smallest absolute Gasteiger partial charge is 0.216 e. The molecule has 3 rings (SSSR count). The number of nitrogens with one attached hydrogen (secondary N) is 1. The molecule has 128 valence electrons. The van der Waals surface area contributed by atoms with Crippen LogP contribution < -0.4 is 4.74 Å².